The van der Waals surface area contributed by atoms with Gasteiger partial charge in [0.2, 0.25) is 10.0 Å². The van der Waals surface area contributed by atoms with Crippen LogP contribution in [0.2, 0.25) is 0 Å². The molecule has 34 heavy (non-hydrogen) atoms. The Morgan fingerprint density at radius 2 is 2.00 bits per heavy atom. The second-order valence-corrected chi connectivity index (χ2v) is 10.1. The maximum Gasteiger partial charge on any atom is 0.573 e. The number of hydrogen-bond donors (Lipinski definition) is 2. The van der Waals surface area contributed by atoms with Gasteiger partial charge in [-0.25, -0.2) is 13.1 Å². The number of carboxylic acid groups (broad SMARTS) is 1. The first kappa shape index (κ1) is 27.9. The molecule has 0 fully saturated rings. The average molecular weight is 505 g/mol. The van der Waals surface area contributed by atoms with Crippen LogP contribution in [0.4, 0.5) is 13.2 Å². The lowest BCUT2D eigenvalue weighted by Gasteiger charge is -2.27. The summed E-state index contributed by atoms with van der Waals surface area (Å²) < 4.78 is 69.1. The minimum atomic E-state index is -4.72. The molecule has 0 amide bonds. The minimum absolute atomic E-state index is 0.00982. The summed E-state index contributed by atoms with van der Waals surface area (Å²) in [4.78, 5) is 13.1. The topological polar surface area (TPSA) is 95.9 Å². The third-order valence-corrected chi connectivity index (χ3v) is 6.65. The minimum Gasteiger partial charge on any atom is -0.481 e. The van der Waals surface area contributed by atoms with E-state index in [0.29, 0.717) is 30.6 Å². The van der Waals surface area contributed by atoms with Crippen molar-refractivity contribution in [2.24, 2.45) is 5.92 Å². The molecule has 0 bridgehead atoms. The largest absolute Gasteiger partial charge is 0.573 e. The molecule has 1 aromatic rings. The van der Waals surface area contributed by atoms with E-state index in [0.717, 1.165) is 19.4 Å². The summed E-state index contributed by atoms with van der Waals surface area (Å²) >= 11 is 0. The lowest BCUT2D eigenvalue weighted by molar-refractivity contribution is -0.303. The number of hydrogen-bond acceptors (Lipinski definition) is 5. The van der Waals surface area contributed by atoms with Gasteiger partial charge in [0.1, 0.15) is 5.76 Å². The van der Waals surface area contributed by atoms with Gasteiger partial charge < -0.3 is 14.7 Å². The van der Waals surface area contributed by atoms with Crippen molar-refractivity contribution in [2.75, 3.05) is 26.2 Å². The summed E-state index contributed by atoms with van der Waals surface area (Å²) in [5.74, 6) is -1.28. The van der Waals surface area contributed by atoms with Crippen LogP contribution >= 0.6 is 0 Å². The number of nitrogens with one attached hydrogen (secondary N) is 1. The fourth-order valence-electron chi connectivity index (χ4n) is 3.68. The Hall–Kier alpha value is -2.37. The molecule has 1 aromatic carbocycles. The Bertz CT molecular complexity index is 1010. The SMILES string of the molecule is CCCCN(CCNS(=O)(=O)c1cc(C)cc(CC(=O)O)c1)CC1C=CC(OC(F)(F)F)=CC1. The fourth-order valence-corrected chi connectivity index (χ4v) is 4.85. The molecular weight excluding hydrogens is 473 g/mol. The van der Waals surface area contributed by atoms with Crippen LogP contribution < -0.4 is 4.72 Å². The standard InChI is InChI=1S/C23H31F3N2O5S/c1-3-4-10-28(16-18-5-7-20(8-6-18)33-23(24,25)26)11-9-27-34(31,32)21-13-17(2)12-19(14-21)15-22(29)30/h5,7-8,12-14,18,27H,3-4,6,9-11,15-16H2,1-2H3,(H,29,30). The highest BCUT2D eigenvalue weighted by molar-refractivity contribution is 7.89. The van der Waals surface area contributed by atoms with Crippen LogP contribution in [0.3, 0.4) is 0 Å². The van der Waals surface area contributed by atoms with Gasteiger partial charge in [0.05, 0.1) is 11.3 Å². The first-order chi connectivity index (χ1) is 15.9. The van der Waals surface area contributed by atoms with Gasteiger partial charge in [-0.3, -0.25) is 4.79 Å². The molecule has 1 aliphatic carbocycles. The van der Waals surface area contributed by atoms with E-state index < -0.39 is 22.4 Å². The molecule has 1 unspecified atom stereocenters. The van der Waals surface area contributed by atoms with E-state index in [1.54, 1.807) is 19.1 Å². The summed E-state index contributed by atoms with van der Waals surface area (Å²) in [6, 6.07) is 4.48. The molecule has 0 spiro atoms. The number of alkyl halides is 3. The lowest BCUT2D eigenvalue weighted by Crippen LogP contribution is -2.38. The number of allylic oxidation sites excluding steroid dienone is 2. The van der Waals surface area contributed by atoms with Crippen molar-refractivity contribution in [1.29, 1.82) is 0 Å². The van der Waals surface area contributed by atoms with Gasteiger partial charge in [0, 0.05) is 19.6 Å². The molecule has 0 saturated carbocycles. The average Bonchev–Trinajstić information content (AvgIpc) is 2.71. The first-order valence-corrected chi connectivity index (χ1v) is 12.5. The summed E-state index contributed by atoms with van der Waals surface area (Å²) in [5.41, 5.74) is 1.05. The third kappa shape index (κ3) is 9.86. The van der Waals surface area contributed by atoms with E-state index in [9.17, 15) is 26.4 Å². The van der Waals surface area contributed by atoms with Crippen LogP contribution in [0.15, 0.2) is 47.1 Å². The summed E-state index contributed by atoms with van der Waals surface area (Å²) in [6.07, 6.45) is 1.65. The predicted octanol–water partition coefficient (Wildman–Crippen LogP) is 4.00. The van der Waals surface area contributed by atoms with Gasteiger partial charge in [0.25, 0.3) is 0 Å². The Morgan fingerprint density at radius 1 is 1.26 bits per heavy atom. The molecule has 0 heterocycles. The zero-order valence-corrected chi connectivity index (χ0v) is 20.1. The van der Waals surface area contributed by atoms with Gasteiger partial charge >= 0.3 is 12.3 Å². The Balaban J connectivity index is 1.96. The summed E-state index contributed by atoms with van der Waals surface area (Å²) in [5, 5.41) is 8.99. The van der Waals surface area contributed by atoms with Crippen LogP contribution in [0.25, 0.3) is 0 Å². The Morgan fingerprint density at radius 3 is 2.59 bits per heavy atom. The molecule has 11 heteroatoms. The van der Waals surface area contributed by atoms with Crippen LogP contribution in [0.1, 0.15) is 37.3 Å². The third-order valence-electron chi connectivity index (χ3n) is 5.21. The van der Waals surface area contributed by atoms with E-state index in [-0.39, 0.29) is 29.5 Å². The molecule has 1 aliphatic rings. The van der Waals surface area contributed by atoms with Gasteiger partial charge in [0.15, 0.2) is 0 Å². The Labute approximate surface area is 198 Å². The van der Waals surface area contributed by atoms with Crippen molar-refractivity contribution in [3.63, 3.8) is 0 Å². The molecule has 2 N–H and O–H groups in total. The van der Waals surface area contributed by atoms with Crippen LogP contribution in [-0.4, -0.2) is 56.9 Å². The monoisotopic (exact) mass is 504 g/mol. The van der Waals surface area contributed by atoms with E-state index in [1.165, 1.54) is 24.3 Å². The van der Waals surface area contributed by atoms with Crippen LogP contribution in [0, 0.1) is 12.8 Å². The van der Waals surface area contributed by atoms with Crippen LogP contribution in [0.5, 0.6) is 0 Å². The molecule has 0 saturated heterocycles. The quantitative estimate of drug-likeness (QED) is 0.422. The number of rotatable bonds is 13. The number of ether oxygens (including phenoxy) is 1. The van der Waals surface area contributed by atoms with Crippen LogP contribution in [-0.2, 0) is 26.0 Å². The zero-order valence-electron chi connectivity index (χ0n) is 19.3. The van der Waals surface area contributed by atoms with Gasteiger partial charge in [-0.05, 0) is 67.6 Å². The smallest absolute Gasteiger partial charge is 0.481 e. The maximum absolute atomic E-state index is 12.8. The van der Waals surface area contributed by atoms with Gasteiger partial charge in [-0.1, -0.05) is 25.5 Å². The molecule has 0 radical (unpaired) electrons. The molecule has 190 valence electrons. The molecule has 2 rings (SSSR count). The number of aryl methyl sites for hydroxylation is 1. The van der Waals surface area contributed by atoms with Crippen molar-refractivity contribution in [2.45, 2.75) is 50.8 Å². The number of carboxylic acids is 1. The van der Waals surface area contributed by atoms with Gasteiger partial charge in [-0.2, -0.15) is 0 Å². The number of nitrogens with zero attached hydrogens (tertiary/aromatic N) is 1. The van der Waals surface area contributed by atoms with Crippen molar-refractivity contribution >= 4 is 16.0 Å². The fraction of sp³-hybridized carbons (Fsp3) is 0.522. The highest BCUT2D eigenvalue weighted by Gasteiger charge is 2.32. The van der Waals surface area contributed by atoms with E-state index >= 15 is 0 Å². The zero-order chi connectivity index (χ0) is 25.4. The number of aliphatic carboxylic acids is 1. The number of unbranched alkanes of at least 4 members (excludes halogenated alkanes) is 1. The second-order valence-electron chi connectivity index (χ2n) is 8.29. The molecular formula is C23H31F3N2O5S. The number of carbonyl (C=O) groups is 1. The van der Waals surface area contributed by atoms with Gasteiger partial charge in [-0.15, -0.1) is 13.2 Å². The first-order valence-electron chi connectivity index (χ1n) is 11.1. The predicted molar refractivity (Wildman–Crippen MR) is 122 cm³/mol. The molecule has 7 nitrogen and oxygen atoms in total. The summed E-state index contributed by atoms with van der Waals surface area (Å²) in [7, 11) is -3.83. The second kappa shape index (κ2) is 12.4. The molecule has 1 atom stereocenters. The van der Waals surface area contributed by atoms with E-state index in [2.05, 4.69) is 14.4 Å². The maximum atomic E-state index is 12.8. The van der Waals surface area contributed by atoms with E-state index in [1.807, 2.05) is 6.92 Å². The number of benzene rings is 1. The highest BCUT2D eigenvalue weighted by atomic mass is 32.2. The molecule has 0 aliphatic heterocycles. The number of sulfonamides is 1. The Kier molecular flexibility index (Phi) is 10.1. The molecule has 0 aromatic heterocycles. The normalized spacial score (nSPS) is 16.5. The highest BCUT2D eigenvalue weighted by Crippen LogP contribution is 2.26. The van der Waals surface area contributed by atoms with Crippen molar-refractivity contribution in [1.82, 2.24) is 9.62 Å². The van der Waals surface area contributed by atoms with Crippen molar-refractivity contribution < 1.29 is 36.2 Å². The summed E-state index contributed by atoms with van der Waals surface area (Å²) in [6.45, 7) is 5.61. The van der Waals surface area contributed by atoms with E-state index in [4.69, 9.17) is 5.11 Å². The lowest BCUT2D eigenvalue weighted by atomic mass is 9.99. The van der Waals surface area contributed by atoms with Crippen molar-refractivity contribution in [3.05, 3.63) is 53.3 Å². The number of halogens is 3. The van der Waals surface area contributed by atoms with Crippen molar-refractivity contribution in [3.8, 4) is 0 Å².